The lowest BCUT2D eigenvalue weighted by Gasteiger charge is -1.93. The van der Waals surface area contributed by atoms with Gasteiger partial charge >= 0.3 is 0 Å². The van der Waals surface area contributed by atoms with Crippen molar-refractivity contribution < 1.29 is 4.79 Å². The molecule has 1 aliphatic rings. The fourth-order valence-electron chi connectivity index (χ4n) is 1.76. The zero-order valence-electron chi connectivity index (χ0n) is 9.55. The number of carbonyl (C=O) groups excluding carboxylic acids is 1. The van der Waals surface area contributed by atoms with Gasteiger partial charge in [0.25, 0.3) is 0 Å². The molecule has 0 atom stereocenters. The predicted octanol–water partition coefficient (Wildman–Crippen LogP) is 1.97. The van der Waals surface area contributed by atoms with Crippen molar-refractivity contribution in [2.75, 3.05) is 13.6 Å². The minimum atomic E-state index is 0.178. The number of hydrogen-bond donors (Lipinski definition) is 1. The lowest BCUT2D eigenvalue weighted by atomic mass is 10.1. The van der Waals surface area contributed by atoms with Gasteiger partial charge in [0.1, 0.15) is 5.78 Å². The van der Waals surface area contributed by atoms with Crippen molar-refractivity contribution in [3.05, 3.63) is 35.4 Å². The summed E-state index contributed by atoms with van der Waals surface area (Å²) in [5.74, 6) is 0.178. The Hall–Kier alpha value is -1.15. The number of aryl methyl sites for hydroxylation is 2. The van der Waals surface area contributed by atoms with Gasteiger partial charge in [-0.2, -0.15) is 0 Å². The second-order valence-corrected chi connectivity index (χ2v) is 3.85. The van der Waals surface area contributed by atoms with Gasteiger partial charge in [-0.15, -0.1) is 0 Å². The van der Waals surface area contributed by atoms with Crippen molar-refractivity contribution in [1.29, 1.82) is 0 Å². The molecule has 0 aliphatic heterocycles. The van der Waals surface area contributed by atoms with Gasteiger partial charge in [0.2, 0.25) is 0 Å². The summed E-state index contributed by atoms with van der Waals surface area (Å²) in [6.45, 7) is 2.04. The Labute approximate surface area is 91.7 Å². The first-order chi connectivity index (χ1) is 7.24. The molecule has 0 saturated heterocycles. The van der Waals surface area contributed by atoms with Crippen molar-refractivity contribution in [1.82, 2.24) is 5.32 Å². The second kappa shape index (κ2) is 6.36. The maximum Gasteiger partial charge on any atom is 0.143 e. The van der Waals surface area contributed by atoms with Gasteiger partial charge in [0, 0.05) is 0 Å². The Kier molecular flexibility index (Phi) is 5.05. The highest BCUT2D eigenvalue weighted by atomic mass is 16.1. The van der Waals surface area contributed by atoms with Crippen LogP contribution in [0.3, 0.4) is 0 Å². The summed E-state index contributed by atoms with van der Waals surface area (Å²) < 4.78 is 0. The van der Waals surface area contributed by atoms with Crippen LogP contribution in [-0.2, 0) is 17.6 Å². The molecule has 0 saturated carbocycles. The normalized spacial score (nSPS) is 12.7. The molecule has 0 heterocycles. The number of ketones is 1. The van der Waals surface area contributed by atoms with Crippen LogP contribution in [0.4, 0.5) is 0 Å². The lowest BCUT2D eigenvalue weighted by molar-refractivity contribution is -0.116. The van der Waals surface area contributed by atoms with E-state index < -0.39 is 0 Å². The van der Waals surface area contributed by atoms with E-state index in [-0.39, 0.29) is 5.78 Å². The van der Waals surface area contributed by atoms with E-state index in [2.05, 4.69) is 29.6 Å². The van der Waals surface area contributed by atoms with Gasteiger partial charge in [-0.25, -0.2) is 0 Å². The van der Waals surface area contributed by atoms with Crippen molar-refractivity contribution in [2.24, 2.45) is 0 Å². The number of benzene rings is 1. The van der Waals surface area contributed by atoms with Gasteiger partial charge in [0.05, 0.1) is 6.54 Å². The topological polar surface area (TPSA) is 29.1 Å². The van der Waals surface area contributed by atoms with Crippen LogP contribution in [0, 0.1) is 0 Å². The minimum absolute atomic E-state index is 0.178. The Morgan fingerprint density at radius 2 is 1.80 bits per heavy atom. The van der Waals surface area contributed by atoms with E-state index in [1.165, 1.54) is 19.3 Å². The number of rotatable bonds is 2. The Morgan fingerprint density at radius 3 is 2.13 bits per heavy atom. The van der Waals surface area contributed by atoms with Crippen molar-refractivity contribution in [3.63, 3.8) is 0 Å². The number of fused-ring (bicyclic) bond motifs is 1. The van der Waals surface area contributed by atoms with Gasteiger partial charge in [-0.1, -0.05) is 24.3 Å². The summed E-state index contributed by atoms with van der Waals surface area (Å²) in [7, 11) is 1.75. The molecule has 0 aromatic heterocycles. The molecule has 0 unspecified atom stereocenters. The van der Waals surface area contributed by atoms with E-state index in [4.69, 9.17) is 0 Å². The molecule has 1 aromatic carbocycles. The van der Waals surface area contributed by atoms with Crippen LogP contribution in [0.1, 0.15) is 24.5 Å². The molecular weight excluding hydrogens is 186 g/mol. The van der Waals surface area contributed by atoms with Crippen LogP contribution in [0.25, 0.3) is 0 Å². The molecule has 1 aromatic rings. The van der Waals surface area contributed by atoms with E-state index in [0.717, 1.165) is 0 Å². The number of likely N-dealkylation sites (N-methyl/N-ethyl adjacent to an activating group) is 1. The minimum Gasteiger partial charge on any atom is -0.313 e. The standard InChI is InChI=1S/C9H10.C4H9NO/c1-2-5-9-7-3-6-8(9)4-1;1-4(6)3-5-2/h1-2,4-5H,3,6-7H2;5H,3H2,1-2H3. The molecule has 2 heteroatoms. The van der Waals surface area contributed by atoms with Crippen LogP contribution < -0.4 is 5.32 Å². The Balaban J connectivity index is 0.000000167. The molecule has 1 N–H and O–H groups in total. The summed E-state index contributed by atoms with van der Waals surface area (Å²) in [6, 6.07) is 8.74. The summed E-state index contributed by atoms with van der Waals surface area (Å²) in [6.07, 6.45) is 3.96. The van der Waals surface area contributed by atoms with E-state index in [0.29, 0.717) is 6.54 Å². The van der Waals surface area contributed by atoms with Crippen LogP contribution >= 0.6 is 0 Å². The lowest BCUT2D eigenvalue weighted by Crippen LogP contribution is -2.14. The number of nitrogens with one attached hydrogen (secondary N) is 1. The van der Waals surface area contributed by atoms with E-state index in [1.807, 2.05) is 0 Å². The summed E-state index contributed by atoms with van der Waals surface area (Å²) in [5, 5.41) is 2.72. The van der Waals surface area contributed by atoms with Crippen LogP contribution in [0.5, 0.6) is 0 Å². The van der Waals surface area contributed by atoms with Crippen LogP contribution in [0.15, 0.2) is 24.3 Å². The molecule has 0 radical (unpaired) electrons. The highest BCUT2D eigenvalue weighted by Crippen LogP contribution is 2.20. The summed E-state index contributed by atoms with van der Waals surface area (Å²) in [5.41, 5.74) is 3.13. The average molecular weight is 205 g/mol. The molecule has 1 aliphatic carbocycles. The van der Waals surface area contributed by atoms with Gasteiger partial charge in [-0.05, 0) is 44.4 Å². The predicted molar refractivity (Wildman–Crippen MR) is 63.1 cm³/mol. The number of carbonyl (C=O) groups is 1. The molecule has 2 rings (SSSR count). The fourth-order valence-corrected chi connectivity index (χ4v) is 1.76. The third kappa shape index (κ3) is 4.26. The van der Waals surface area contributed by atoms with Crippen LogP contribution in [-0.4, -0.2) is 19.4 Å². The zero-order chi connectivity index (χ0) is 11.1. The number of hydrogen-bond acceptors (Lipinski definition) is 2. The molecule has 15 heavy (non-hydrogen) atoms. The van der Waals surface area contributed by atoms with Crippen molar-refractivity contribution in [2.45, 2.75) is 26.2 Å². The van der Waals surface area contributed by atoms with Gasteiger partial charge < -0.3 is 5.32 Å². The largest absolute Gasteiger partial charge is 0.313 e. The quantitative estimate of drug-likeness (QED) is 0.799. The second-order valence-electron chi connectivity index (χ2n) is 3.85. The smallest absolute Gasteiger partial charge is 0.143 e. The molecule has 2 nitrogen and oxygen atoms in total. The highest BCUT2D eigenvalue weighted by molar-refractivity contribution is 5.77. The number of Topliss-reactive ketones (excluding diaryl/α,β-unsaturated/α-hetero) is 1. The third-order valence-electron chi connectivity index (χ3n) is 2.44. The Bertz CT molecular complexity index is 297. The average Bonchev–Trinajstić information content (AvgIpc) is 2.65. The highest BCUT2D eigenvalue weighted by Gasteiger charge is 2.07. The van der Waals surface area contributed by atoms with E-state index >= 15 is 0 Å². The maximum absolute atomic E-state index is 9.98. The summed E-state index contributed by atoms with van der Waals surface area (Å²) in [4.78, 5) is 9.98. The molecule has 82 valence electrons. The van der Waals surface area contributed by atoms with E-state index in [9.17, 15) is 4.79 Å². The van der Waals surface area contributed by atoms with Gasteiger partial charge in [0.15, 0.2) is 0 Å². The molecule has 0 fully saturated rings. The first-order valence-corrected chi connectivity index (χ1v) is 5.45. The monoisotopic (exact) mass is 205 g/mol. The van der Waals surface area contributed by atoms with Crippen molar-refractivity contribution in [3.8, 4) is 0 Å². The SMILES string of the molecule is CNCC(C)=O.c1ccc2c(c1)CCC2. The summed E-state index contributed by atoms with van der Waals surface area (Å²) >= 11 is 0. The molecule has 0 bridgehead atoms. The first-order valence-electron chi connectivity index (χ1n) is 5.45. The van der Waals surface area contributed by atoms with Crippen LogP contribution in [0.2, 0.25) is 0 Å². The first kappa shape index (κ1) is 11.9. The maximum atomic E-state index is 9.98. The molecule has 0 spiro atoms. The fraction of sp³-hybridized carbons (Fsp3) is 0.462. The zero-order valence-corrected chi connectivity index (χ0v) is 9.55. The van der Waals surface area contributed by atoms with E-state index in [1.54, 1.807) is 25.1 Å². The molecule has 0 amide bonds. The molecular formula is C13H19NO. The third-order valence-corrected chi connectivity index (χ3v) is 2.44. The Morgan fingerprint density at radius 1 is 1.27 bits per heavy atom. The van der Waals surface area contributed by atoms with Crippen molar-refractivity contribution >= 4 is 5.78 Å². The van der Waals surface area contributed by atoms with Gasteiger partial charge in [-0.3, -0.25) is 4.79 Å².